The van der Waals surface area contributed by atoms with Crippen molar-refractivity contribution in [3.63, 3.8) is 0 Å². The summed E-state index contributed by atoms with van der Waals surface area (Å²) in [5.74, 6) is 0.893. The zero-order chi connectivity index (χ0) is 10.7. The second-order valence-corrected chi connectivity index (χ2v) is 5.61. The number of nitrogens with zero attached hydrogens (tertiary/aromatic N) is 1. The summed E-state index contributed by atoms with van der Waals surface area (Å²) in [4.78, 5) is 2.50. The lowest BCUT2D eigenvalue weighted by atomic mass is 10.0. The molecule has 1 aliphatic heterocycles. The predicted molar refractivity (Wildman–Crippen MR) is 62.1 cm³/mol. The van der Waals surface area contributed by atoms with Gasteiger partial charge in [-0.05, 0) is 32.6 Å². The Kier molecular flexibility index (Phi) is 3.65. The number of hydrogen-bond donors (Lipinski definition) is 1. The normalized spacial score (nSPS) is 26.8. The summed E-state index contributed by atoms with van der Waals surface area (Å²) in [6.45, 7) is 10.9. The van der Waals surface area contributed by atoms with Crippen molar-refractivity contribution >= 4 is 0 Å². The molecule has 1 aliphatic carbocycles. The molecule has 3 nitrogen and oxygen atoms in total. The zero-order valence-electron chi connectivity index (χ0n) is 10.1. The van der Waals surface area contributed by atoms with Crippen LogP contribution in [0.2, 0.25) is 0 Å². The van der Waals surface area contributed by atoms with E-state index in [1.807, 2.05) is 0 Å². The van der Waals surface area contributed by atoms with Crippen molar-refractivity contribution in [2.75, 3.05) is 39.4 Å². The fourth-order valence-electron chi connectivity index (χ4n) is 2.17. The van der Waals surface area contributed by atoms with Gasteiger partial charge in [-0.15, -0.1) is 0 Å². The van der Waals surface area contributed by atoms with E-state index in [0.29, 0.717) is 0 Å². The Labute approximate surface area is 93.2 Å². The molecule has 1 N–H and O–H groups in total. The molecule has 3 heteroatoms. The molecule has 2 aliphatic rings. The second-order valence-electron chi connectivity index (χ2n) is 5.61. The van der Waals surface area contributed by atoms with E-state index in [4.69, 9.17) is 4.74 Å². The van der Waals surface area contributed by atoms with Crippen molar-refractivity contribution < 1.29 is 4.74 Å². The quantitative estimate of drug-likeness (QED) is 0.691. The van der Waals surface area contributed by atoms with E-state index in [2.05, 4.69) is 24.1 Å². The van der Waals surface area contributed by atoms with Crippen molar-refractivity contribution in [1.82, 2.24) is 10.2 Å². The fourth-order valence-corrected chi connectivity index (χ4v) is 2.17. The minimum absolute atomic E-state index is 0.273. The molecule has 88 valence electrons. The number of ether oxygens (including phenoxy) is 1. The maximum Gasteiger partial charge on any atom is 0.0593 e. The monoisotopic (exact) mass is 212 g/mol. The summed E-state index contributed by atoms with van der Waals surface area (Å²) < 4.78 is 5.67. The molecule has 0 aromatic carbocycles. The average molecular weight is 212 g/mol. The second kappa shape index (κ2) is 4.81. The average Bonchev–Trinajstić information content (AvgIpc) is 2.94. The highest BCUT2D eigenvalue weighted by molar-refractivity contribution is 4.86. The first kappa shape index (κ1) is 11.4. The SMILES string of the molecule is CC1(C)CN(CCOCC2CC2)CCN1. The molecule has 1 saturated heterocycles. The predicted octanol–water partition coefficient (Wildman–Crippen LogP) is 1.10. The van der Waals surface area contributed by atoms with Gasteiger partial charge in [0, 0.05) is 38.3 Å². The summed E-state index contributed by atoms with van der Waals surface area (Å²) in [6, 6.07) is 0. The van der Waals surface area contributed by atoms with Crippen LogP contribution in [0, 0.1) is 5.92 Å². The lowest BCUT2D eigenvalue weighted by Gasteiger charge is -2.39. The minimum atomic E-state index is 0.273. The van der Waals surface area contributed by atoms with Crippen LogP contribution in [-0.4, -0.2) is 49.8 Å². The van der Waals surface area contributed by atoms with Crippen molar-refractivity contribution in [3.05, 3.63) is 0 Å². The Hall–Kier alpha value is -0.120. The Morgan fingerprint density at radius 2 is 2.20 bits per heavy atom. The van der Waals surface area contributed by atoms with Gasteiger partial charge in [-0.2, -0.15) is 0 Å². The maximum absolute atomic E-state index is 5.67. The lowest BCUT2D eigenvalue weighted by molar-refractivity contribution is 0.0751. The van der Waals surface area contributed by atoms with Gasteiger partial charge in [-0.3, -0.25) is 4.90 Å². The van der Waals surface area contributed by atoms with Crippen molar-refractivity contribution in [2.24, 2.45) is 5.92 Å². The van der Waals surface area contributed by atoms with E-state index >= 15 is 0 Å². The van der Waals surface area contributed by atoms with Crippen LogP contribution in [0.1, 0.15) is 26.7 Å². The Bertz CT molecular complexity index is 202. The van der Waals surface area contributed by atoms with Gasteiger partial charge >= 0.3 is 0 Å². The van der Waals surface area contributed by atoms with E-state index in [0.717, 1.165) is 45.3 Å². The smallest absolute Gasteiger partial charge is 0.0593 e. The molecule has 1 saturated carbocycles. The minimum Gasteiger partial charge on any atom is -0.380 e. The molecular weight excluding hydrogens is 188 g/mol. The van der Waals surface area contributed by atoms with E-state index in [9.17, 15) is 0 Å². The summed E-state index contributed by atoms with van der Waals surface area (Å²) in [5, 5.41) is 3.52. The molecule has 0 aromatic rings. The van der Waals surface area contributed by atoms with E-state index in [1.54, 1.807) is 0 Å². The van der Waals surface area contributed by atoms with Gasteiger partial charge < -0.3 is 10.1 Å². The van der Waals surface area contributed by atoms with E-state index < -0.39 is 0 Å². The first-order valence-corrected chi connectivity index (χ1v) is 6.21. The van der Waals surface area contributed by atoms with Crippen LogP contribution in [0.15, 0.2) is 0 Å². The molecule has 0 atom stereocenters. The van der Waals surface area contributed by atoms with Gasteiger partial charge in [0.15, 0.2) is 0 Å². The van der Waals surface area contributed by atoms with Crippen molar-refractivity contribution in [3.8, 4) is 0 Å². The summed E-state index contributed by atoms with van der Waals surface area (Å²) in [7, 11) is 0. The number of rotatable bonds is 5. The fraction of sp³-hybridized carbons (Fsp3) is 1.00. The van der Waals surface area contributed by atoms with Crippen LogP contribution in [0.5, 0.6) is 0 Å². The molecule has 0 aromatic heterocycles. The van der Waals surface area contributed by atoms with Gasteiger partial charge in [0.25, 0.3) is 0 Å². The van der Waals surface area contributed by atoms with E-state index in [1.165, 1.54) is 12.8 Å². The molecule has 0 radical (unpaired) electrons. The van der Waals surface area contributed by atoms with Crippen molar-refractivity contribution in [2.45, 2.75) is 32.2 Å². The Morgan fingerprint density at radius 3 is 2.87 bits per heavy atom. The largest absolute Gasteiger partial charge is 0.380 e. The molecule has 2 fully saturated rings. The highest BCUT2D eigenvalue weighted by atomic mass is 16.5. The summed E-state index contributed by atoms with van der Waals surface area (Å²) in [6.07, 6.45) is 2.78. The maximum atomic E-state index is 5.67. The summed E-state index contributed by atoms with van der Waals surface area (Å²) >= 11 is 0. The first-order valence-electron chi connectivity index (χ1n) is 6.21. The van der Waals surface area contributed by atoms with Gasteiger partial charge in [0.1, 0.15) is 0 Å². The summed E-state index contributed by atoms with van der Waals surface area (Å²) in [5.41, 5.74) is 0.273. The molecule has 15 heavy (non-hydrogen) atoms. The van der Waals surface area contributed by atoms with Crippen LogP contribution >= 0.6 is 0 Å². The third kappa shape index (κ3) is 4.09. The van der Waals surface area contributed by atoms with Crippen LogP contribution in [-0.2, 0) is 4.74 Å². The van der Waals surface area contributed by atoms with E-state index in [-0.39, 0.29) is 5.54 Å². The van der Waals surface area contributed by atoms with Crippen molar-refractivity contribution in [1.29, 1.82) is 0 Å². The van der Waals surface area contributed by atoms with Gasteiger partial charge in [-0.1, -0.05) is 0 Å². The van der Waals surface area contributed by atoms with Crippen LogP contribution in [0.3, 0.4) is 0 Å². The van der Waals surface area contributed by atoms with Gasteiger partial charge in [0.05, 0.1) is 6.61 Å². The highest BCUT2D eigenvalue weighted by Gasteiger charge is 2.25. The van der Waals surface area contributed by atoms with Crippen LogP contribution < -0.4 is 5.32 Å². The zero-order valence-corrected chi connectivity index (χ0v) is 10.1. The lowest BCUT2D eigenvalue weighted by Crippen LogP contribution is -2.57. The highest BCUT2D eigenvalue weighted by Crippen LogP contribution is 2.28. The van der Waals surface area contributed by atoms with Gasteiger partial charge in [-0.25, -0.2) is 0 Å². The molecule has 0 spiro atoms. The van der Waals surface area contributed by atoms with Gasteiger partial charge in [0.2, 0.25) is 0 Å². The topological polar surface area (TPSA) is 24.5 Å². The number of nitrogens with one attached hydrogen (secondary N) is 1. The first-order chi connectivity index (χ1) is 7.16. The third-order valence-electron chi connectivity index (χ3n) is 3.25. The molecule has 1 heterocycles. The molecule has 0 unspecified atom stereocenters. The van der Waals surface area contributed by atoms with Crippen LogP contribution in [0.25, 0.3) is 0 Å². The molecule has 2 rings (SSSR count). The third-order valence-corrected chi connectivity index (χ3v) is 3.25. The molecular formula is C12H24N2O. The Morgan fingerprint density at radius 1 is 1.40 bits per heavy atom. The number of hydrogen-bond acceptors (Lipinski definition) is 3. The standard InChI is InChI=1S/C12H24N2O/c1-12(2)10-14(6-5-13-12)7-8-15-9-11-3-4-11/h11,13H,3-10H2,1-2H3. The molecule has 0 amide bonds. The number of piperazine rings is 1. The molecule has 0 bridgehead atoms. The van der Waals surface area contributed by atoms with Crippen LogP contribution in [0.4, 0.5) is 0 Å². The Balaban J connectivity index is 1.57.